The number of anilines is 2. The zero-order chi connectivity index (χ0) is 15.0. The van der Waals surface area contributed by atoms with Crippen LogP contribution in [0.1, 0.15) is 10.4 Å². The molecule has 0 bridgehead atoms. The van der Waals surface area contributed by atoms with Gasteiger partial charge in [-0.1, -0.05) is 39.7 Å². The second-order valence-corrected chi connectivity index (χ2v) is 5.97. The molecule has 2 aromatic rings. The summed E-state index contributed by atoms with van der Waals surface area (Å²) in [6.07, 6.45) is 0. The summed E-state index contributed by atoms with van der Waals surface area (Å²) in [5.41, 5.74) is 1.74. The van der Waals surface area contributed by atoms with E-state index in [9.17, 15) is 9.59 Å². The van der Waals surface area contributed by atoms with E-state index in [-0.39, 0.29) is 18.4 Å². The lowest BCUT2D eigenvalue weighted by molar-refractivity contribution is -0.115. The van der Waals surface area contributed by atoms with Gasteiger partial charge in [-0.3, -0.25) is 14.5 Å². The number of para-hydroxylation sites is 2. The van der Waals surface area contributed by atoms with Crippen LogP contribution in [-0.4, -0.2) is 18.4 Å². The third-order valence-electron chi connectivity index (χ3n) is 3.13. The number of nitrogens with zero attached hydrogens (tertiary/aromatic N) is 1. The van der Waals surface area contributed by atoms with Crippen molar-refractivity contribution in [2.75, 3.05) is 16.8 Å². The Bertz CT molecular complexity index is 728. The van der Waals surface area contributed by atoms with E-state index in [1.54, 1.807) is 30.3 Å². The molecule has 0 spiro atoms. The predicted molar refractivity (Wildman–Crippen MR) is 85.9 cm³/mol. The highest BCUT2D eigenvalue weighted by atomic mass is 79.9. The molecule has 0 atom stereocenters. The van der Waals surface area contributed by atoms with Gasteiger partial charge in [-0.2, -0.15) is 0 Å². The highest BCUT2D eigenvalue weighted by molar-refractivity contribution is 9.10. The summed E-state index contributed by atoms with van der Waals surface area (Å²) in [5, 5.41) is 3.21. The molecular weight excluding hydrogens is 356 g/mol. The first-order valence-electron chi connectivity index (χ1n) is 6.21. The molecule has 2 aromatic carbocycles. The number of carbonyl (C=O) groups excluding carboxylic acids is 2. The van der Waals surface area contributed by atoms with Crippen molar-refractivity contribution >= 4 is 50.7 Å². The Balaban J connectivity index is 2.03. The normalized spacial score (nSPS) is 13.6. The minimum atomic E-state index is -0.263. The van der Waals surface area contributed by atoms with Crippen LogP contribution in [0, 0.1) is 0 Å². The van der Waals surface area contributed by atoms with E-state index in [1.165, 1.54) is 4.90 Å². The third-order valence-corrected chi connectivity index (χ3v) is 3.80. The minimum absolute atomic E-state index is 0.0139. The number of hydrogen-bond acceptors (Lipinski definition) is 2. The average Bonchev–Trinajstić information content (AvgIpc) is 2.44. The van der Waals surface area contributed by atoms with Crippen LogP contribution in [0.15, 0.2) is 46.9 Å². The van der Waals surface area contributed by atoms with Crippen molar-refractivity contribution in [3.8, 4) is 0 Å². The molecule has 0 unspecified atom stereocenters. The number of hydrogen-bond donors (Lipinski definition) is 1. The predicted octanol–water partition coefficient (Wildman–Crippen LogP) is 3.70. The van der Waals surface area contributed by atoms with E-state index < -0.39 is 0 Å². The van der Waals surface area contributed by atoms with Gasteiger partial charge < -0.3 is 5.32 Å². The Morgan fingerprint density at radius 1 is 1.24 bits per heavy atom. The maximum absolute atomic E-state index is 12.7. The van der Waals surface area contributed by atoms with Gasteiger partial charge in [0.1, 0.15) is 6.54 Å². The van der Waals surface area contributed by atoms with Crippen LogP contribution in [0.2, 0.25) is 5.02 Å². The van der Waals surface area contributed by atoms with Crippen molar-refractivity contribution in [2.24, 2.45) is 0 Å². The molecule has 106 valence electrons. The van der Waals surface area contributed by atoms with E-state index in [0.29, 0.717) is 26.4 Å². The molecular formula is C15H10BrClN2O2. The average molecular weight is 366 g/mol. The highest BCUT2D eigenvalue weighted by Gasteiger charge is 2.27. The van der Waals surface area contributed by atoms with Crippen LogP contribution in [0.4, 0.5) is 11.4 Å². The Morgan fingerprint density at radius 2 is 2.00 bits per heavy atom. The maximum Gasteiger partial charge on any atom is 0.258 e. The summed E-state index contributed by atoms with van der Waals surface area (Å²) >= 11 is 9.30. The summed E-state index contributed by atoms with van der Waals surface area (Å²) < 4.78 is 0.716. The zero-order valence-electron chi connectivity index (χ0n) is 10.8. The molecule has 0 aromatic heterocycles. The van der Waals surface area contributed by atoms with Crippen LogP contribution in [0.3, 0.4) is 0 Å². The van der Waals surface area contributed by atoms with E-state index in [4.69, 9.17) is 11.6 Å². The van der Waals surface area contributed by atoms with Gasteiger partial charge in [0.05, 0.1) is 11.4 Å². The summed E-state index contributed by atoms with van der Waals surface area (Å²) in [4.78, 5) is 25.9. The molecule has 0 fully saturated rings. The second kappa shape index (κ2) is 5.50. The fourth-order valence-electron chi connectivity index (χ4n) is 2.25. The molecule has 1 heterocycles. The van der Waals surface area contributed by atoms with Gasteiger partial charge in [-0.05, 0) is 30.3 Å². The molecule has 0 saturated carbocycles. The van der Waals surface area contributed by atoms with Gasteiger partial charge in [-0.25, -0.2) is 0 Å². The first-order chi connectivity index (χ1) is 10.0. The molecule has 1 aliphatic heterocycles. The van der Waals surface area contributed by atoms with Crippen molar-refractivity contribution in [1.29, 1.82) is 0 Å². The molecule has 1 N–H and O–H groups in total. The second-order valence-electron chi connectivity index (χ2n) is 4.61. The van der Waals surface area contributed by atoms with Crippen LogP contribution < -0.4 is 10.2 Å². The summed E-state index contributed by atoms with van der Waals surface area (Å²) in [7, 11) is 0. The lowest BCUT2D eigenvalue weighted by atomic mass is 10.1. The lowest BCUT2D eigenvalue weighted by Gasteiger charge is -2.29. The number of halogens is 2. The number of nitrogens with one attached hydrogen (secondary N) is 1. The van der Waals surface area contributed by atoms with E-state index in [1.807, 2.05) is 12.1 Å². The third kappa shape index (κ3) is 2.80. The van der Waals surface area contributed by atoms with Gasteiger partial charge in [-0.15, -0.1) is 0 Å². The van der Waals surface area contributed by atoms with Crippen LogP contribution >= 0.6 is 27.5 Å². The topological polar surface area (TPSA) is 49.4 Å². The monoisotopic (exact) mass is 364 g/mol. The lowest BCUT2D eigenvalue weighted by Crippen LogP contribution is -2.42. The highest BCUT2D eigenvalue weighted by Crippen LogP contribution is 2.31. The van der Waals surface area contributed by atoms with Crippen molar-refractivity contribution < 1.29 is 9.59 Å². The molecule has 4 nitrogen and oxygen atoms in total. The quantitative estimate of drug-likeness (QED) is 0.837. The maximum atomic E-state index is 12.7. The van der Waals surface area contributed by atoms with Crippen molar-refractivity contribution in [1.82, 2.24) is 0 Å². The first kappa shape index (κ1) is 14.1. The fraction of sp³-hybridized carbons (Fsp3) is 0.0667. The number of carbonyl (C=O) groups is 2. The molecule has 21 heavy (non-hydrogen) atoms. The van der Waals surface area contributed by atoms with Crippen molar-refractivity contribution in [3.05, 3.63) is 57.5 Å². The molecule has 0 radical (unpaired) electrons. The number of benzene rings is 2. The Hall–Kier alpha value is -1.85. The van der Waals surface area contributed by atoms with Crippen molar-refractivity contribution in [2.45, 2.75) is 0 Å². The zero-order valence-corrected chi connectivity index (χ0v) is 13.1. The summed E-state index contributed by atoms with van der Waals surface area (Å²) in [6, 6.07) is 12.2. The number of rotatable bonds is 1. The van der Waals surface area contributed by atoms with Gasteiger partial charge in [0.25, 0.3) is 5.91 Å². The number of fused-ring (bicyclic) bond motifs is 1. The minimum Gasteiger partial charge on any atom is -0.323 e. The number of amides is 2. The van der Waals surface area contributed by atoms with Gasteiger partial charge >= 0.3 is 0 Å². The standard InChI is InChI=1S/C15H10BrClN2O2/c16-10-5-9(6-11(17)7-10)15(21)19-8-14(20)18-12-3-1-2-4-13(12)19/h1-7H,8H2,(H,18,20). The molecule has 0 saturated heterocycles. The summed E-state index contributed by atoms with van der Waals surface area (Å²) in [5.74, 6) is -0.483. The van der Waals surface area contributed by atoms with E-state index >= 15 is 0 Å². The van der Waals surface area contributed by atoms with E-state index in [0.717, 1.165) is 0 Å². The fourth-order valence-corrected chi connectivity index (χ4v) is 3.11. The Kier molecular flexibility index (Phi) is 3.69. The smallest absolute Gasteiger partial charge is 0.258 e. The summed E-state index contributed by atoms with van der Waals surface area (Å²) in [6.45, 7) is -0.0139. The SMILES string of the molecule is O=C1CN(C(=O)c2cc(Cl)cc(Br)c2)c2ccccc2N1. The van der Waals surface area contributed by atoms with Gasteiger partial charge in [0, 0.05) is 15.1 Å². The van der Waals surface area contributed by atoms with Gasteiger partial charge in [0.2, 0.25) is 5.91 Å². The van der Waals surface area contributed by atoms with Crippen molar-refractivity contribution in [3.63, 3.8) is 0 Å². The van der Waals surface area contributed by atoms with Crippen LogP contribution in [0.5, 0.6) is 0 Å². The first-order valence-corrected chi connectivity index (χ1v) is 7.38. The Morgan fingerprint density at radius 3 is 2.76 bits per heavy atom. The molecule has 2 amide bonds. The largest absolute Gasteiger partial charge is 0.323 e. The van der Waals surface area contributed by atoms with E-state index in [2.05, 4.69) is 21.2 Å². The molecule has 6 heteroatoms. The Labute approximate surface area is 134 Å². The van der Waals surface area contributed by atoms with Crippen LogP contribution in [0.25, 0.3) is 0 Å². The molecule has 0 aliphatic carbocycles. The molecule has 3 rings (SSSR count). The van der Waals surface area contributed by atoms with Crippen LogP contribution in [-0.2, 0) is 4.79 Å². The molecule has 1 aliphatic rings. The van der Waals surface area contributed by atoms with Gasteiger partial charge in [0.15, 0.2) is 0 Å².